The van der Waals surface area contributed by atoms with E-state index in [2.05, 4.69) is 20.7 Å². The van der Waals surface area contributed by atoms with Gasteiger partial charge in [0.1, 0.15) is 0 Å². The highest BCUT2D eigenvalue weighted by molar-refractivity contribution is 5.55. The summed E-state index contributed by atoms with van der Waals surface area (Å²) in [5.74, 6) is -3.92. The third-order valence-electron chi connectivity index (χ3n) is 5.18. The predicted molar refractivity (Wildman–Crippen MR) is 86.0 cm³/mol. The van der Waals surface area contributed by atoms with Gasteiger partial charge in [-0.1, -0.05) is 0 Å². The molecule has 3 atom stereocenters. The molecule has 0 aromatic carbocycles. The molecule has 3 heterocycles. The maximum atomic E-state index is 13.1. The zero-order chi connectivity index (χ0) is 19.2. The highest BCUT2D eigenvalue weighted by Crippen LogP contribution is 2.37. The fourth-order valence-electron chi connectivity index (χ4n) is 3.77. The Balaban J connectivity index is 1.52. The summed E-state index contributed by atoms with van der Waals surface area (Å²) in [6.07, 6.45) is -1.95. The van der Waals surface area contributed by atoms with Crippen LogP contribution in [-0.2, 0) is 0 Å². The number of ether oxygens (including phenoxy) is 1. The first-order valence-corrected chi connectivity index (χ1v) is 8.64. The molecule has 2 aromatic rings. The molecule has 2 bridgehead atoms. The van der Waals surface area contributed by atoms with Gasteiger partial charge in [0.2, 0.25) is 5.95 Å². The first-order valence-electron chi connectivity index (χ1n) is 8.64. The first kappa shape index (κ1) is 18.2. The lowest BCUT2D eigenvalue weighted by molar-refractivity contribution is -0.289. The summed E-state index contributed by atoms with van der Waals surface area (Å²) in [4.78, 5) is 4.24. The minimum absolute atomic E-state index is 0.0826. The van der Waals surface area contributed by atoms with Crippen LogP contribution in [0.5, 0.6) is 5.75 Å². The Morgan fingerprint density at radius 1 is 1.19 bits per heavy atom. The highest BCUT2D eigenvalue weighted by atomic mass is 19.4. The van der Waals surface area contributed by atoms with E-state index in [0.717, 1.165) is 25.9 Å². The number of hydrogen-bond donors (Lipinski definition) is 2. The fraction of sp³-hybridized carbons (Fsp3) is 0.625. The lowest BCUT2D eigenvalue weighted by Crippen LogP contribution is -2.45. The highest BCUT2D eigenvalue weighted by Gasteiger charge is 2.58. The van der Waals surface area contributed by atoms with Crippen LogP contribution in [-0.4, -0.2) is 52.4 Å². The van der Waals surface area contributed by atoms with E-state index in [-0.39, 0.29) is 17.4 Å². The zero-order valence-corrected chi connectivity index (χ0v) is 14.1. The van der Waals surface area contributed by atoms with Crippen LogP contribution >= 0.6 is 0 Å². The van der Waals surface area contributed by atoms with E-state index in [0.29, 0.717) is 17.8 Å². The number of halogens is 5. The van der Waals surface area contributed by atoms with Crippen molar-refractivity contribution in [1.29, 1.82) is 0 Å². The Labute approximate surface area is 151 Å². The van der Waals surface area contributed by atoms with Gasteiger partial charge in [0, 0.05) is 12.2 Å². The van der Waals surface area contributed by atoms with Crippen molar-refractivity contribution in [2.45, 2.75) is 31.0 Å². The van der Waals surface area contributed by atoms with Crippen LogP contribution in [0.3, 0.4) is 0 Å². The van der Waals surface area contributed by atoms with Crippen molar-refractivity contribution >= 4 is 11.6 Å². The smallest absolute Gasteiger partial charge is 0.456 e. The molecule has 1 saturated heterocycles. The molecule has 0 amide bonds. The number of hydrogen-bond acceptors (Lipinski definition) is 5. The van der Waals surface area contributed by atoms with Crippen LogP contribution in [0.1, 0.15) is 12.8 Å². The second kappa shape index (κ2) is 6.47. The molecule has 2 N–H and O–H groups in total. The van der Waals surface area contributed by atoms with Gasteiger partial charge in [-0.3, -0.25) is 0 Å². The van der Waals surface area contributed by atoms with Crippen molar-refractivity contribution in [3.8, 4) is 5.75 Å². The molecule has 11 heteroatoms. The third-order valence-corrected chi connectivity index (χ3v) is 5.18. The van der Waals surface area contributed by atoms with Gasteiger partial charge in [0.25, 0.3) is 0 Å². The summed E-state index contributed by atoms with van der Waals surface area (Å²) in [6.45, 7) is -0.00488. The Morgan fingerprint density at radius 2 is 1.89 bits per heavy atom. The second-order valence-electron chi connectivity index (χ2n) is 6.99. The second-order valence-corrected chi connectivity index (χ2v) is 6.99. The molecule has 6 nitrogen and oxygen atoms in total. The Morgan fingerprint density at radius 3 is 2.56 bits per heavy atom. The zero-order valence-electron chi connectivity index (χ0n) is 14.1. The van der Waals surface area contributed by atoms with Gasteiger partial charge in [0.05, 0.1) is 0 Å². The number of aromatic nitrogens is 3. The monoisotopic (exact) mass is 391 g/mol. The lowest BCUT2D eigenvalue weighted by atomic mass is 9.94. The molecule has 27 heavy (non-hydrogen) atoms. The van der Waals surface area contributed by atoms with Crippen LogP contribution in [0.25, 0.3) is 5.65 Å². The molecule has 1 unspecified atom stereocenters. The molecule has 1 aliphatic heterocycles. The standard InChI is InChI=1S/C16H18F5N5O/c17-15(18,16(19,20)21)8-27-11-2-1-5-26-13(11)24-14(25-26)23-12-9-3-4-10(12)7-22-6-9/h1-2,5,9-10,12,22H,3-4,6-8H2,(H,23,25)/t9-,10+,12?. The van der Waals surface area contributed by atoms with Gasteiger partial charge in [0.15, 0.2) is 18.0 Å². The molecule has 2 aliphatic rings. The quantitative estimate of drug-likeness (QED) is 0.768. The molecular formula is C16H18F5N5O. The van der Waals surface area contributed by atoms with Crippen molar-refractivity contribution in [3.05, 3.63) is 18.3 Å². The molecule has 2 aromatic heterocycles. The Bertz CT molecular complexity index is 807. The van der Waals surface area contributed by atoms with Crippen LogP contribution in [0.2, 0.25) is 0 Å². The summed E-state index contributed by atoms with van der Waals surface area (Å²) in [5.41, 5.74) is 0.0826. The minimum Gasteiger partial charge on any atom is -0.483 e. The van der Waals surface area contributed by atoms with Crippen molar-refractivity contribution in [3.63, 3.8) is 0 Å². The average Bonchev–Trinajstić information content (AvgIpc) is 3.08. The molecule has 148 valence electrons. The van der Waals surface area contributed by atoms with Crippen molar-refractivity contribution in [2.75, 3.05) is 25.0 Å². The van der Waals surface area contributed by atoms with Gasteiger partial charge < -0.3 is 15.4 Å². The maximum absolute atomic E-state index is 13.1. The van der Waals surface area contributed by atoms with Crippen molar-refractivity contribution in [1.82, 2.24) is 19.9 Å². The van der Waals surface area contributed by atoms with E-state index in [1.165, 1.54) is 22.8 Å². The van der Waals surface area contributed by atoms with Gasteiger partial charge in [-0.25, -0.2) is 4.52 Å². The number of rotatable bonds is 5. The average molecular weight is 391 g/mol. The van der Waals surface area contributed by atoms with E-state index in [1.807, 2.05) is 0 Å². The van der Waals surface area contributed by atoms with Gasteiger partial charge >= 0.3 is 12.1 Å². The molecular weight excluding hydrogens is 373 g/mol. The summed E-state index contributed by atoms with van der Waals surface area (Å²) in [6, 6.07) is 2.94. The molecule has 4 rings (SSSR count). The predicted octanol–water partition coefficient (Wildman–Crippen LogP) is 2.72. The normalized spacial score (nSPS) is 25.7. The largest absolute Gasteiger partial charge is 0.483 e. The summed E-state index contributed by atoms with van der Waals surface area (Å²) in [5, 5.41) is 10.9. The molecule has 0 radical (unpaired) electrons. The maximum Gasteiger partial charge on any atom is 0.456 e. The van der Waals surface area contributed by atoms with E-state index < -0.39 is 18.7 Å². The van der Waals surface area contributed by atoms with E-state index in [4.69, 9.17) is 4.74 Å². The molecule has 1 aliphatic carbocycles. The van der Waals surface area contributed by atoms with Crippen LogP contribution in [0, 0.1) is 11.8 Å². The Kier molecular flexibility index (Phi) is 4.36. The van der Waals surface area contributed by atoms with Crippen LogP contribution in [0.4, 0.5) is 27.9 Å². The van der Waals surface area contributed by atoms with Crippen LogP contribution < -0.4 is 15.4 Å². The minimum atomic E-state index is -5.67. The number of alkyl halides is 5. The summed E-state index contributed by atoms with van der Waals surface area (Å²) >= 11 is 0. The molecule has 0 spiro atoms. The third kappa shape index (κ3) is 3.40. The first-order chi connectivity index (χ1) is 12.7. The molecule has 1 saturated carbocycles. The number of piperidine rings is 1. The SMILES string of the molecule is FC(F)(F)C(F)(F)COc1cccn2nc(NC3[C@@H]4CC[C@H]3CNC4)nc12. The molecule has 2 fully saturated rings. The van der Waals surface area contributed by atoms with Gasteiger partial charge in [-0.15, -0.1) is 5.10 Å². The van der Waals surface area contributed by atoms with E-state index in [9.17, 15) is 22.0 Å². The van der Waals surface area contributed by atoms with Crippen LogP contribution in [0.15, 0.2) is 18.3 Å². The summed E-state index contributed by atoms with van der Waals surface area (Å²) < 4.78 is 69.2. The number of pyridine rings is 1. The number of nitrogens with zero attached hydrogens (tertiary/aromatic N) is 3. The Hall–Kier alpha value is -2.17. The van der Waals surface area contributed by atoms with Gasteiger partial charge in [-0.05, 0) is 49.9 Å². The number of fused-ring (bicyclic) bond motifs is 3. The van der Waals surface area contributed by atoms with E-state index >= 15 is 0 Å². The van der Waals surface area contributed by atoms with Gasteiger partial charge in [-0.2, -0.15) is 26.9 Å². The topological polar surface area (TPSA) is 63.5 Å². The lowest BCUT2D eigenvalue weighted by Gasteiger charge is -2.30. The van der Waals surface area contributed by atoms with Crippen molar-refractivity contribution < 1.29 is 26.7 Å². The number of anilines is 1. The summed E-state index contributed by atoms with van der Waals surface area (Å²) in [7, 11) is 0. The number of nitrogens with one attached hydrogen (secondary N) is 2. The van der Waals surface area contributed by atoms with Crippen molar-refractivity contribution in [2.24, 2.45) is 11.8 Å². The fourth-order valence-corrected chi connectivity index (χ4v) is 3.77. The van der Waals surface area contributed by atoms with E-state index in [1.54, 1.807) is 0 Å².